The first-order valence-corrected chi connectivity index (χ1v) is 7.92. The molecule has 0 bridgehead atoms. The Kier molecular flexibility index (Phi) is 6.10. The number of likely N-dealkylation sites (tertiary alicyclic amines) is 2. The Hall–Kier alpha value is 0.210. The molecule has 1 atom stereocenters. The minimum absolute atomic E-state index is 0.840. The van der Waals surface area contributed by atoms with Gasteiger partial charge in [-0.25, -0.2) is 0 Å². The number of hydrogen-bond donors (Lipinski definition) is 0. The first kappa shape index (κ1) is 13.6. The van der Waals surface area contributed by atoms with Crippen molar-refractivity contribution < 1.29 is 0 Å². The van der Waals surface area contributed by atoms with E-state index < -0.39 is 0 Å². The normalized spacial score (nSPS) is 27.7. The molecule has 2 heterocycles. The van der Waals surface area contributed by atoms with Gasteiger partial charge in [0.05, 0.1) is 0 Å². The van der Waals surface area contributed by atoms with E-state index in [9.17, 15) is 0 Å². The number of piperidine rings is 1. The second kappa shape index (κ2) is 7.60. The van der Waals surface area contributed by atoms with Crippen LogP contribution in [0.5, 0.6) is 0 Å². The van der Waals surface area contributed by atoms with Crippen LogP contribution in [0.25, 0.3) is 0 Å². The van der Waals surface area contributed by atoms with Gasteiger partial charge in [0, 0.05) is 12.4 Å². The highest BCUT2D eigenvalue weighted by Crippen LogP contribution is 2.20. The van der Waals surface area contributed by atoms with Crippen molar-refractivity contribution in [2.24, 2.45) is 5.92 Å². The second-order valence-electron chi connectivity index (χ2n) is 5.69. The summed E-state index contributed by atoms with van der Waals surface area (Å²) >= 11 is 5.85. The Morgan fingerprint density at radius 2 is 1.65 bits per heavy atom. The van der Waals surface area contributed by atoms with Gasteiger partial charge in [0.25, 0.3) is 0 Å². The third-order valence-corrected chi connectivity index (χ3v) is 4.49. The average molecular weight is 259 g/mol. The summed E-state index contributed by atoms with van der Waals surface area (Å²) in [6, 6.07) is 0. The van der Waals surface area contributed by atoms with Crippen LogP contribution in [0.4, 0.5) is 0 Å². The number of halogens is 1. The third-order valence-electron chi connectivity index (χ3n) is 4.27. The molecule has 2 nitrogen and oxygen atoms in total. The quantitative estimate of drug-likeness (QED) is 0.676. The van der Waals surface area contributed by atoms with E-state index in [0.29, 0.717) is 0 Å². The van der Waals surface area contributed by atoms with Gasteiger partial charge in [0.2, 0.25) is 0 Å². The van der Waals surface area contributed by atoms with E-state index in [2.05, 4.69) is 9.80 Å². The van der Waals surface area contributed by atoms with Gasteiger partial charge in [-0.3, -0.25) is 0 Å². The number of nitrogens with zero attached hydrogens (tertiary/aromatic N) is 2. The summed E-state index contributed by atoms with van der Waals surface area (Å²) in [7, 11) is 0. The summed E-state index contributed by atoms with van der Waals surface area (Å²) in [6.45, 7) is 7.92. The zero-order valence-corrected chi connectivity index (χ0v) is 11.8. The monoisotopic (exact) mass is 258 g/mol. The molecule has 0 radical (unpaired) electrons. The topological polar surface area (TPSA) is 6.48 Å². The van der Waals surface area contributed by atoms with Crippen LogP contribution in [-0.2, 0) is 0 Å². The molecule has 0 saturated carbocycles. The fraction of sp³-hybridized carbons (Fsp3) is 1.00. The highest BCUT2D eigenvalue weighted by molar-refractivity contribution is 6.17. The molecule has 1 unspecified atom stereocenters. The van der Waals surface area contributed by atoms with Crippen molar-refractivity contribution in [3.63, 3.8) is 0 Å². The Balaban J connectivity index is 1.58. The molecule has 0 aromatic carbocycles. The van der Waals surface area contributed by atoms with E-state index in [0.717, 1.165) is 11.8 Å². The Morgan fingerprint density at radius 1 is 0.941 bits per heavy atom. The zero-order valence-electron chi connectivity index (χ0n) is 11.0. The average Bonchev–Trinajstić information content (AvgIpc) is 2.83. The summed E-state index contributed by atoms with van der Waals surface area (Å²) < 4.78 is 0. The van der Waals surface area contributed by atoms with Crippen molar-refractivity contribution in [3.05, 3.63) is 0 Å². The summed E-state index contributed by atoms with van der Waals surface area (Å²) in [5.74, 6) is 1.71. The smallest absolute Gasteiger partial charge is 0.0226 e. The van der Waals surface area contributed by atoms with Crippen molar-refractivity contribution in [1.29, 1.82) is 0 Å². The molecule has 2 aliphatic rings. The SMILES string of the molecule is ClCCC1CCCN(CCCN2CCCC2)C1. The summed E-state index contributed by atoms with van der Waals surface area (Å²) in [4.78, 5) is 5.29. The molecule has 3 heteroatoms. The summed E-state index contributed by atoms with van der Waals surface area (Å²) in [5, 5.41) is 0. The zero-order chi connectivity index (χ0) is 11.9. The van der Waals surface area contributed by atoms with Gasteiger partial charge in [-0.15, -0.1) is 11.6 Å². The molecule has 2 aliphatic heterocycles. The molecular formula is C14H27ClN2. The van der Waals surface area contributed by atoms with E-state index in [1.54, 1.807) is 0 Å². The molecular weight excluding hydrogens is 232 g/mol. The van der Waals surface area contributed by atoms with Crippen LogP contribution >= 0.6 is 11.6 Å². The summed E-state index contributed by atoms with van der Waals surface area (Å²) in [6.07, 6.45) is 8.18. The fourth-order valence-corrected chi connectivity index (χ4v) is 3.58. The van der Waals surface area contributed by atoms with Crippen LogP contribution in [0.15, 0.2) is 0 Å². The van der Waals surface area contributed by atoms with Crippen molar-refractivity contribution in [3.8, 4) is 0 Å². The molecule has 0 spiro atoms. The van der Waals surface area contributed by atoms with Gasteiger partial charge in [-0.2, -0.15) is 0 Å². The lowest BCUT2D eigenvalue weighted by molar-refractivity contribution is 0.164. The Bertz CT molecular complexity index is 202. The van der Waals surface area contributed by atoms with Gasteiger partial charge in [-0.1, -0.05) is 0 Å². The standard InChI is InChI=1S/C14H27ClN2/c15-7-6-14-5-3-10-17(13-14)12-4-11-16-8-1-2-9-16/h14H,1-13H2. The fourth-order valence-electron chi connectivity index (χ4n) is 3.27. The van der Waals surface area contributed by atoms with E-state index in [4.69, 9.17) is 11.6 Å². The van der Waals surface area contributed by atoms with Gasteiger partial charge in [0.15, 0.2) is 0 Å². The molecule has 0 aromatic heterocycles. The maximum absolute atomic E-state index is 5.85. The van der Waals surface area contributed by atoms with Gasteiger partial charge in [-0.05, 0) is 77.2 Å². The first-order chi connectivity index (χ1) is 8.38. The summed E-state index contributed by atoms with van der Waals surface area (Å²) in [5.41, 5.74) is 0. The van der Waals surface area contributed by atoms with Crippen LogP contribution < -0.4 is 0 Å². The predicted octanol–water partition coefficient (Wildman–Crippen LogP) is 2.81. The van der Waals surface area contributed by atoms with Crippen molar-refractivity contribution >= 4 is 11.6 Å². The van der Waals surface area contributed by atoms with Gasteiger partial charge < -0.3 is 9.80 Å². The Labute approximate surface area is 111 Å². The molecule has 2 fully saturated rings. The lowest BCUT2D eigenvalue weighted by Crippen LogP contribution is -2.37. The molecule has 17 heavy (non-hydrogen) atoms. The maximum atomic E-state index is 5.85. The van der Waals surface area contributed by atoms with E-state index >= 15 is 0 Å². The van der Waals surface area contributed by atoms with Crippen LogP contribution in [0.3, 0.4) is 0 Å². The van der Waals surface area contributed by atoms with E-state index in [1.807, 2.05) is 0 Å². The minimum atomic E-state index is 0.840. The van der Waals surface area contributed by atoms with Crippen LogP contribution in [0, 0.1) is 5.92 Å². The molecule has 2 rings (SSSR count). The number of alkyl halides is 1. The van der Waals surface area contributed by atoms with E-state index in [1.165, 1.54) is 77.8 Å². The largest absolute Gasteiger partial charge is 0.303 e. The van der Waals surface area contributed by atoms with Crippen LogP contribution in [-0.4, -0.2) is 54.9 Å². The molecule has 0 amide bonds. The number of hydrogen-bond acceptors (Lipinski definition) is 2. The van der Waals surface area contributed by atoms with Crippen molar-refractivity contribution in [1.82, 2.24) is 9.80 Å². The molecule has 100 valence electrons. The molecule has 0 N–H and O–H groups in total. The minimum Gasteiger partial charge on any atom is -0.303 e. The van der Waals surface area contributed by atoms with Gasteiger partial charge in [0.1, 0.15) is 0 Å². The van der Waals surface area contributed by atoms with E-state index in [-0.39, 0.29) is 0 Å². The van der Waals surface area contributed by atoms with Crippen LogP contribution in [0.2, 0.25) is 0 Å². The molecule has 2 saturated heterocycles. The lowest BCUT2D eigenvalue weighted by Gasteiger charge is -2.32. The predicted molar refractivity (Wildman–Crippen MR) is 74.8 cm³/mol. The van der Waals surface area contributed by atoms with Crippen molar-refractivity contribution in [2.75, 3.05) is 45.1 Å². The second-order valence-corrected chi connectivity index (χ2v) is 6.07. The molecule has 0 aliphatic carbocycles. The highest BCUT2D eigenvalue weighted by atomic mass is 35.5. The first-order valence-electron chi connectivity index (χ1n) is 7.39. The maximum Gasteiger partial charge on any atom is 0.0226 e. The molecule has 0 aromatic rings. The number of rotatable bonds is 6. The highest BCUT2D eigenvalue weighted by Gasteiger charge is 2.19. The third kappa shape index (κ3) is 4.76. The van der Waals surface area contributed by atoms with Crippen LogP contribution in [0.1, 0.15) is 38.5 Å². The lowest BCUT2D eigenvalue weighted by atomic mass is 9.95. The Morgan fingerprint density at radius 3 is 2.41 bits per heavy atom. The van der Waals surface area contributed by atoms with Gasteiger partial charge >= 0.3 is 0 Å². The van der Waals surface area contributed by atoms with Crippen molar-refractivity contribution in [2.45, 2.75) is 38.5 Å².